The average Bonchev–Trinajstić information content (AvgIpc) is 2.46. The topological polar surface area (TPSA) is 62.7 Å². The molecule has 0 unspecified atom stereocenters. The summed E-state index contributed by atoms with van der Waals surface area (Å²) in [6.07, 6.45) is 2.09. The fraction of sp³-hybridized carbons (Fsp3) is 0.438. The van der Waals surface area contributed by atoms with Crippen LogP contribution in [0.4, 0.5) is 17.6 Å². The van der Waals surface area contributed by atoms with E-state index in [1.807, 2.05) is 19.1 Å². The van der Waals surface area contributed by atoms with Crippen LogP contribution in [0.3, 0.4) is 0 Å². The van der Waals surface area contributed by atoms with Crippen LogP contribution in [-0.2, 0) is 0 Å². The highest BCUT2D eigenvalue weighted by molar-refractivity contribution is 5.54. The van der Waals surface area contributed by atoms with E-state index in [0.29, 0.717) is 23.8 Å². The highest BCUT2D eigenvalue weighted by atomic mass is 15.2. The fourth-order valence-electron chi connectivity index (χ4n) is 2.04. The Kier molecular flexibility index (Phi) is 5.09. The third kappa shape index (κ3) is 4.41. The molecule has 0 atom stereocenters. The van der Waals surface area contributed by atoms with Gasteiger partial charge in [-0.2, -0.15) is 15.0 Å². The molecule has 21 heavy (non-hydrogen) atoms. The zero-order valence-corrected chi connectivity index (χ0v) is 13.1. The molecular weight excluding hydrogens is 262 g/mol. The molecule has 0 fully saturated rings. The summed E-state index contributed by atoms with van der Waals surface area (Å²) in [5.41, 5.74) is 2.20. The molecule has 5 heteroatoms. The monoisotopic (exact) mass is 285 g/mol. The molecule has 0 saturated heterocycles. The van der Waals surface area contributed by atoms with Crippen molar-refractivity contribution >= 4 is 17.6 Å². The summed E-state index contributed by atoms with van der Waals surface area (Å²) in [4.78, 5) is 13.1. The Bertz CT molecular complexity index is 576. The molecule has 0 aliphatic carbocycles. The molecule has 2 aromatic rings. The molecule has 5 nitrogen and oxygen atoms in total. The highest BCUT2D eigenvalue weighted by Gasteiger charge is 2.08. The lowest BCUT2D eigenvalue weighted by Gasteiger charge is -2.15. The number of hydrogen-bond acceptors (Lipinski definition) is 5. The Hall–Kier alpha value is -2.17. The second-order valence-electron chi connectivity index (χ2n) is 5.18. The number of rotatable bonds is 6. The molecule has 0 spiro atoms. The minimum atomic E-state index is 0.388. The minimum absolute atomic E-state index is 0.388. The van der Waals surface area contributed by atoms with Crippen LogP contribution in [0.5, 0.6) is 0 Å². The van der Waals surface area contributed by atoms with Crippen molar-refractivity contribution in [3.05, 3.63) is 35.7 Å². The van der Waals surface area contributed by atoms with Crippen molar-refractivity contribution in [2.75, 3.05) is 10.6 Å². The van der Waals surface area contributed by atoms with Crippen molar-refractivity contribution in [1.82, 2.24) is 15.0 Å². The summed E-state index contributed by atoms with van der Waals surface area (Å²) in [6, 6.07) is 8.53. The quantitative estimate of drug-likeness (QED) is 0.844. The molecule has 0 radical (unpaired) electrons. The van der Waals surface area contributed by atoms with E-state index >= 15 is 0 Å². The van der Waals surface area contributed by atoms with Crippen LogP contribution in [0, 0.1) is 13.8 Å². The Morgan fingerprint density at radius 2 is 1.52 bits per heavy atom. The number of aryl methyl sites for hydroxylation is 2. The van der Waals surface area contributed by atoms with Gasteiger partial charge in [-0.15, -0.1) is 0 Å². The molecule has 0 amide bonds. The summed E-state index contributed by atoms with van der Waals surface area (Å²) in [6.45, 7) is 8.25. The van der Waals surface area contributed by atoms with Gasteiger partial charge in [0, 0.05) is 11.7 Å². The van der Waals surface area contributed by atoms with Gasteiger partial charge in [-0.3, -0.25) is 0 Å². The van der Waals surface area contributed by atoms with Gasteiger partial charge in [0.05, 0.1) is 0 Å². The molecule has 0 saturated carbocycles. The number of nitrogens with one attached hydrogen (secondary N) is 2. The predicted octanol–water partition coefficient (Wildman–Crippen LogP) is 3.83. The molecule has 1 aromatic carbocycles. The number of benzene rings is 1. The zero-order valence-electron chi connectivity index (χ0n) is 13.1. The van der Waals surface area contributed by atoms with Gasteiger partial charge in [0.2, 0.25) is 11.9 Å². The average molecular weight is 285 g/mol. The van der Waals surface area contributed by atoms with Gasteiger partial charge in [0.15, 0.2) is 0 Å². The zero-order chi connectivity index (χ0) is 15.2. The van der Waals surface area contributed by atoms with Crippen LogP contribution in [0.1, 0.15) is 38.1 Å². The Morgan fingerprint density at radius 3 is 2.14 bits per heavy atom. The first-order chi connectivity index (χ1) is 10.1. The molecule has 0 aliphatic rings. The lowest BCUT2D eigenvalue weighted by atomic mass is 10.2. The lowest BCUT2D eigenvalue weighted by Crippen LogP contribution is -2.19. The van der Waals surface area contributed by atoms with Gasteiger partial charge < -0.3 is 10.6 Å². The van der Waals surface area contributed by atoms with E-state index in [1.165, 1.54) is 5.56 Å². The van der Waals surface area contributed by atoms with Crippen molar-refractivity contribution < 1.29 is 0 Å². The van der Waals surface area contributed by atoms with Crippen LogP contribution in [0.2, 0.25) is 0 Å². The van der Waals surface area contributed by atoms with Crippen LogP contribution >= 0.6 is 0 Å². The molecule has 1 heterocycles. The van der Waals surface area contributed by atoms with Crippen molar-refractivity contribution in [2.24, 2.45) is 0 Å². The van der Waals surface area contributed by atoms with Crippen molar-refractivity contribution in [3.8, 4) is 0 Å². The summed E-state index contributed by atoms with van der Waals surface area (Å²) in [7, 11) is 0. The maximum atomic E-state index is 4.44. The molecule has 0 bridgehead atoms. The molecular formula is C16H23N5. The first kappa shape index (κ1) is 15.2. The minimum Gasteiger partial charge on any atom is -0.351 e. The van der Waals surface area contributed by atoms with E-state index in [2.05, 4.69) is 58.5 Å². The van der Waals surface area contributed by atoms with Crippen LogP contribution < -0.4 is 10.6 Å². The number of nitrogens with zero attached hydrogens (tertiary/aromatic N) is 3. The summed E-state index contributed by atoms with van der Waals surface area (Å²) in [5, 5.41) is 6.57. The summed E-state index contributed by atoms with van der Waals surface area (Å²) in [5.74, 6) is 1.90. The standard InChI is InChI=1S/C16H23N5/c1-5-13(6-2)19-15-17-12(4)18-16(21-15)20-14-9-7-11(3)8-10-14/h7-10,13H,5-6H2,1-4H3,(H2,17,18,19,20,21). The van der Waals surface area contributed by atoms with Crippen LogP contribution in [0.25, 0.3) is 0 Å². The second kappa shape index (κ2) is 7.02. The highest BCUT2D eigenvalue weighted by Crippen LogP contribution is 2.15. The molecule has 2 N–H and O–H groups in total. The van der Waals surface area contributed by atoms with E-state index in [0.717, 1.165) is 18.5 Å². The van der Waals surface area contributed by atoms with Crippen LogP contribution in [0.15, 0.2) is 24.3 Å². The van der Waals surface area contributed by atoms with E-state index < -0.39 is 0 Å². The predicted molar refractivity (Wildman–Crippen MR) is 87.0 cm³/mol. The van der Waals surface area contributed by atoms with Crippen LogP contribution in [-0.4, -0.2) is 21.0 Å². The normalized spacial score (nSPS) is 10.7. The smallest absolute Gasteiger partial charge is 0.232 e. The number of anilines is 3. The maximum absolute atomic E-state index is 4.44. The van der Waals surface area contributed by atoms with Gasteiger partial charge in [-0.05, 0) is 38.8 Å². The summed E-state index contributed by atoms with van der Waals surface area (Å²) < 4.78 is 0. The molecule has 0 aliphatic heterocycles. The second-order valence-corrected chi connectivity index (χ2v) is 5.18. The number of hydrogen-bond donors (Lipinski definition) is 2. The Morgan fingerprint density at radius 1 is 0.905 bits per heavy atom. The van der Waals surface area contributed by atoms with E-state index in [1.54, 1.807) is 0 Å². The third-order valence-electron chi connectivity index (χ3n) is 3.37. The first-order valence-corrected chi connectivity index (χ1v) is 7.43. The van der Waals surface area contributed by atoms with Gasteiger partial charge in [-0.1, -0.05) is 31.5 Å². The maximum Gasteiger partial charge on any atom is 0.232 e. The van der Waals surface area contributed by atoms with Gasteiger partial charge in [0.25, 0.3) is 0 Å². The Balaban J connectivity index is 2.16. The number of aromatic nitrogens is 3. The van der Waals surface area contributed by atoms with E-state index in [9.17, 15) is 0 Å². The third-order valence-corrected chi connectivity index (χ3v) is 3.37. The van der Waals surface area contributed by atoms with Gasteiger partial charge in [0.1, 0.15) is 5.82 Å². The SMILES string of the molecule is CCC(CC)Nc1nc(C)nc(Nc2ccc(C)cc2)n1. The molecule has 2 rings (SSSR count). The van der Waals surface area contributed by atoms with Gasteiger partial charge >= 0.3 is 0 Å². The largest absolute Gasteiger partial charge is 0.351 e. The van der Waals surface area contributed by atoms with Gasteiger partial charge in [-0.25, -0.2) is 0 Å². The van der Waals surface area contributed by atoms with E-state index in [4.69, 9.17) is 0 Å². The van der Waals surface area contributed by atoms with Crippen molar-refractivity contribution in [3.63, 3.8) is 0 Å². The molecule has 1 aromatic heterocycles. The lowest BCUT2D eigenvalue weighted by molar-refractivity contribution is 0.663. The van der Waals surface area contributed by atoms with Crippen molar-refractivity contribution in [2.45, 2.75) is 46.6 Å². The first-order valence-electron chi connectivity index (χ1n) is 7.43. The van der Waals surface area contributed by atoms with E-state index in [-0.39, 0.29) is 0 Å². The van der Waals surface area contributed by atoms with Crippen molar-refractivity contribution in [1.29, 1.82) is 0 Å². The fourth-order valence-corrected chi connectivity index (χ4v) is 2.04. The Labute approximate surface area is 126 Å². The summed E-state index contributed by atoms with van der Waals surface area (Å²) >= 11 is 0. The molecule has 112 valence electrons.